The van der Waals surface area contributed by atoms with Crippen LogP contribution in [0.1, 0.15) is 48.8 Å². The summed E-state index contributed by atoms with van der Waals surface area (Å²) >= 11 is 6.41. The van der Waals surface area contributed by atoms with Gasteiger partial charge < -0.3 is 9.80 Å². The van der Waals surface area contributed by atoms with Crippen molar-refractivity contribution in [3.63, 3.8) is 0 Å². The molecule has 3 aliphatic rings. The van der Waals surface area contributed by atoms with E-state index in [-0.39, 0.29) is 17.6 Å². The fraction of sp³-hybridized carbons (Fsp3) is 0.462. The van der Waals surface area contributed by atoms with Crippen molar-refractivity contribution in [1.29, 1.82) is 0 Å². The van der Waals surface area contributed by atoms with Crippen LogP contribution in [-0.2, 0) is 17.9 Å². The summed E-state index contributed by atoms with van der Waals surface area (Å²) in [4.78, 5) is 22.8. The zero-order chi connectivity index (χ0) is 25.9. The number of halogens is 3. The molecule has 37 heavy (non-hydrogen) atoms. The molecule has 1 amide bonds. The molecular formula is C26H28ClF2N7O. The second-order valence-corrected chi connectivity index (χ2v) is 10.8. The number of anilines is 1. The minimum absolute atomic E-state index is 0.106. The summed E-state index contributed by atoms with van der Waals surface area (Å²) in [5, 5.41) is 9.87. The fourth-order valence-electron chi connectivity index (χ4n) is 5.78. The van der Waals surface area contributed by atoms with E-state index in [1.165, 1.54) is 0 Å². The summed E-state index contributed by atoms with van der Waals surface area (Å²) in [6.45, 7) is 2.24. The van der Waals surface area contributed by atoms with E-state index in [1.807, 2.05) is 23.1 Å². The maximum Gasteiger partial charge on any atom is 0.242 e. The number of hydrogen-bond donors (Lipinski definition) is 0. The summed E-state index contributed by atoms with van der Waals surface area (Å²) in [7, 11) is 3.59. The average Bonchev–Trinajstić information content (AvgIpc) is 3.61. The van der Waals surface area contributed by atoms with Crippen LogP contribution in [0.2, 0.25) is 5.02 Å². The molecule has 1 aromatic carbocycles. The van der Waals surface area contributed by atoms with Gasteiger partial charge in [0.05, 0.1) is 18.4 Å². The van der Waals surface area contributed by atoms with Crippen LogP contribution in [0.5, 0.6) is 0 Å². The number of fused-ring (bicyclic) bond motifs is 3. The highest BCUT2D eigenvalue weighted by Crippen LogP contribution is 2.46. The molecule has 0 bridgehead atoms. The number of piperidine rings is 1. The van der Waals surface area contributed by atoms with Gasteiger partial charge in [0.15, 0.2) is 17.5 Å². The van der Waals surface area contributed by atoms with Gasteiger partial charge in [0.25, 0.3) is 0 Å². The first-order chi connectivity index (χ1) is 17.8. The molecule has 0 radical (unpaired) electrons. The standard InChI is InChI=1S/C26H28ClF2N7O/c1-33(2)25(37)26(7-8-26)35-14-17-11-18(27)3-4-21(17)36-22(15-35)31-32-23(36)16-5-9-34(10-6-16)24-20(29)12-19(28)13-30-24/h3-4,11-13,16H,5-10,14-15H2,1-2H3. The Morgan fingerprint density at radius 3 is 2.54 bits per heavy atom. The van der Waals surface area contributed by atoms with E-state index in [0.29, 0.717) is 31.2 Å². The van der Waals surface area contributed by atoms with Crippen molar-refractivity contribution in [3.05, 3.63) is 64.3 Å². The zero-order valence-corrected chi connectivity index (χ0v) is 21.5. The molecular weight excluding hydrogens is 500 g/mol. The Morgan fingerprint density at radius 1 is 1.11 bits per heavy atom. The number of amides is 1. The molecule has 0 N–H and O–H groups in total. The van der Waals surface area contributed by atoms with Crippen molar-refractivity contribution < 1.29 is 13.6 Å². The number of likely N-dealkylation sites (N-methyl/N-ethyl adjacent to an activating group) is 1. The monoisotopic (exact) mass is 527 g/mol. The van der Waals surface area contributed by atoms with Gasteiger partial charge in [-0.05, 0) is 49.4 Å². The third kappa shape index (κ3) is 4.16. The first kappa shape index (κ1) is 24.2. The first-order valence-corrected chi connectivity index (χ1v) is 12.9. The number of benzene rings is 1. The number of hydrogen-bond acceptors (Lipinski definition) is 6. The van der Waals surface area contributed by atoms with Crippen molar-refractivity contribution in [2.45, 2.75) is 50.2 Å². The van der Waals surface area contributed by atoms with Gasteiger partial charge >= 0.3 is 0 Å². The molecule has 3 aromatic rings. The molecule has 6 rings (SSSR count). The lowest BCUT2D eigenvalue weighted by atomic mass is 9.95. The molecule has 0 spiro atoms. The summed E-state index contributed by atoms with van der Waals surface area (Å²) in [6, 6.07) is 6.70. The lowest BCUT2D eigenvalue weighted by Crippen LogP contribution is -2.48. The number of rotatable bonds is 4. The van der Waals surface area contributed by atoms with Gasteiger partial charge in [-0.1, -0.05) is 11.6 Å². The highest BCUT2D eigenvalue weighted by atomic mass is 35.5. The minimum Gasteiger partial charge on any atom is -0.354 e. The second-order valence-electron chi connectivity index (χ2n) is 10.4. The Hall–Kier alpha value is -3.11. The van der Waals surface area contributed by atoms with Gasteiger partial charge in [0, 0.05) is 50.7 Å². The average molecular weight is 528 g/mol. The quantitative estimate of drug-likeness (QED) is 0.512. The van der Waals surface area contributed by atoms with Crippen LogP contribution in [-0.4, -0.2) is 68.2 Å². The van der Waals surface area contributed by atoms with E-state index in [9.17, 15) is 13.6 Å². The van der Waals surface area contributed by atoms with Crippen LogP contribution < -0.4 is 4.90 Å². The second kappa shape index (κ2) is 9.02. The topological polar surface area (TPSA) is 70.4 Å². The molecule has 11 heteroatoms. The molecule has 0 unspecified atom stereocenters. The third-order valence-electron chi connectivity index (χ3n) is 7.81. The van der Waals surface area contributed by atoms with Crippen LogP contribution in [0.4, 0.5) is 14.6 Å². The lowest BCUT2D eigenvalue weighted by Gasteiger charge is -2.32. The van der Waals surface area contributed by atoms with Gasteiger partial charge in [-0.15, -0.1) is 10.2 Å². The zero-order valence-electron chi connectivity index (χ0n) is 20.8. The minimum atomic E-state index is -0.685. The van der Waals surface area contributed by atoms with Crippen LogP contribution in [0.15, 0.2) is 30.5 Å². The molecule has 2 aromatic heterocycles. The Labute approximate surface area is 218 Å². The molecule has 1 aliphatic carbocycles. The first-order valence-electron chi connectivity index (χ1n) is 12.5. The van der Waals surface area contributed by atoms with Crippen molar-refractivity contribution in [2.75, 3.05) is 32.1 Å². The van der Waals surface area contributed by atoms with Crippen LogP contribution in [0.25, 0.3) is 5.69 Å². The number of nitrogens with zero attached hydrogens (tertiary/aromatic N) is 7. The van der Waals surface area contributed by atoms with E-state index < -0.39 is 17.2 Å². The molecule has 194 valence electrons. The third-order valence-corrected chi connectivity index (χ3v) is 8.05. The predicted molar refractivity (Wildman–Crippen MR) is 135 cm³/mol. The Balaban J connectivity index is 1.31. The van der Waals surface area contributed by atoms with Crippen molar-refractivity contribution >= 4 is 23.3 Å². The number of carbonyl (C=O) groups excluding carboxylic acids is 1. The van der Waals surface area contributed by atoms with E-state index in [4.69, 9.17) is 11.6 Å². The molecule has 4 heterocycles. The lowest BCUT2D eigenvalue weighted by molar-refractivity contribution is -0.136. The smallest absolute Gasteiger partial charge is 0.242 e. The molecule has 8 nitrogen and oxygen atoms in total. The van der Waals surface area contributed by atoms with Gasteiger partial charge in [-0.25, -0.2) is 13.8 Å². The predicted octanol–water partition coefficient (Wildman–Crippen LogP) is 3.91. The van der Waals surface area contributed by atoms with Gasteiger partial charge in [-0.3, -0.25) is 14.3 Å². The van der Waals surface area contributed by atoms with Crippen LogP contribution in [0.3, 0.4) is 0 Å². The van der Waals surface area contributed by atoms with Gasteiger partial charge in [0.1, 0.15) is 17.2 Å². The summed E-state index contributed by atoms with van der Waals surface area (Å²) in [5.41, 5.74) is 1.48. The fourth-order valence-corrected chi connectivity index (χ4v) is 5.98. The Bertz CT molecular complexity index is 1360. The van der Waals surface area contributed by atoms with Crippen LogP contribution in [0, 0.1) is 11.6 Å². The normalized spacial score (nSPS) is 19.2. The van der Waals surface area contributed by atoms with E-state index in [1.54, 1.807) is 19.0 Å². The molecule has 1 saturated heterocycles. The Morgan fingerprint density at radius 2 is 1.86 bits per heavy atom. The number of aromatic nitrogens is 4. The highest BCUT2D eigenvalue weighted by molar-refractivity contribution is 6.30. The molecule has 0 atom stereocenters. The molecule has 1 saturated carbocycles. The SMILES string of the molecule is CN(C)C(=O)C1(N2Cc3cc(Cl)ccc3-n3c(nnc3C3CCN(c4ncc(F)cc4F)CC3)C2)CC1. The van der Waals surface area contributed by atoms with Crippen molar-refractivity contribution in [2.24, 2.45) is 0 Å². The summed E-state index contributed by atoms with van der Waals surface area (Å²) < 4.78 is 29.7. The maximum absolute atomic E-state index is 14.3. The van der Waals surface area contributed by atoms with E-state index >= 15 is 0 Å². The van der Waals surface area contributed by atoms with Crippen LogP contribution >= 0.6 is 11.6 Å². The van der Waals surface area contributed by atoms with E-state index in [2.05, 4.69) is 24.6 Å². The van der Waals surface area contributed by atoms with E-state index in [0.717, 1.165) is 60.8 Å². The highest BCUT2D eigenvalue weighted by Gasteiger charge is 2.56. The molecule has 2 aliphatic heterocycles. The van der Waals surface area contributed by atoms with Crippen molar-refractivity contribution in [1.82, 2.24) is 29.5 Å². The van der Waals surface area contributed by atoms with Gasteiger partial charge in [-0.2, -0.15) is 0 Å². The summed E-state index contributed by atoms with van der Waals surface area (Å²) in [6.07, 6.45) is 4.13. The largest absolute Gasteiger partial charge is 0.354 e. The Kier molecular flexibility index (Phi) is 5.91. The molecule has 2 fully saturated rings. The van der Waals surface area contributed by atoms with Gasteiger partial charge in [0.2, 0.25) is 5.91 Å². The number of pyridine rings is 1. The number of carbonyl (C=O) groups is 1. The summed E-state index contributed by atoms with van der Waals surface area (Å²) in [5.74, 6) is 0.708. The van der Waals surface area contributed by atoms with Crippen molar-refractivity contribution in [3.8, 4) is 5.69 Å². The maximum atomic E-state index is 14.3.